The summed E-state index contributed by atoms with van der Waals surface area (Å²) in [4.78, 5) is 12.7. The number of benzene rings is 3. The second-order valence-corrected chi connectivity index (χ2v) is 11.0. The van der Waals surface area contributed by atoms with Gasteiger partial charge in [0.1, 0.15) is 6.54 Å². The summed E-state index contributed by atoms with van der Waals surface area (Å²) in [6.07, 6.45) is 2.58. The molecule has 0 atom stereocenters. The number of rotatable bonds is 7. The van der Waals surface area contributed by atoms with Crippen LogP contribution in [0.4, 0.5) is 5.69 Å². The summed E-state index contributed by atoms with van der Waals surface area (Å²) in [5.41, 5.74) is 6.12. The Morgan fingerprint density at radius 1 is 1.06 bits per heavy atom. The van der Waals surface area contributed by atoms with Crippen molar-refractivity contribution >= 4 is 61.8 Å². The Morgan fingerprint density at radius 2 is 1.75 bits per heavy atom. The number of aromatic nitrogens is 1. The van der Waals surface area contributed by atoms with Crippen LogP contribution in [-0.4, -0.2) is 37.9 Å². The van der Waals surface area contributed by atoms with Crippen molar-refractivity contribution in [2.75, 3.05) is 17.1 Å². The molecule has 1 aromatic heterocycles. The van der Waals surface area contributed by atoms with E-state index in [1.165, 1.54) is 6.21 Å². The molecule has 1 N–H and O–H groups in total. The zero-order valence-electron chi connectivity index (χ0n) is 19.9. The Bertz CT molecular complexity index is 1590. The number of hydrazone groups is 1. The number of amides is 1. The van der Waals surface area contributed by atoms with Crippen LogP contribution < -0.4 is 9.73 Å². The van der Waals surface area contributed by atoms with Crippen molar-refractivity contribution < 1.29 is 13.2 Å². The molecule has 10 heteroatoms. The first-order valence-corrected chi connectivity index (χ1v) is 13.6. The lowest BCUT2D eigenvalue weighted by atomic mass is 10.1. The number of carbonyl (C=O) groups excluding carboxylic acids is 1. The molecule has 1 heterocycles. The molecule has 0 aliphatic carbocycles. The fourth-order valence-electron chi connectivity index (χ4n) is 4.10. The van der Waals surface area contributed by atoms with Gasteiger partial charge in [-0.1, -0.05) is 65.7 Å². The van der Waals surface area contributed by atoms with E-state index >= 15 is 0 Å². The van der Waals surface area contributed by atoms with E-state index < -0.39 is 22.5 Å². The van der Waals surface area contributed by atoms with E-state index in [9.17, 15) is 13.2 Å². The molecule has 0 radical (unpaired) electrons. The Kier molecular flexibility index (Phi) is 7.40. The van der Waals surface area contributed by atoms with Gasteiger partial charge in [-0.25, -0.2) is 13.8 Å². The molecular weight excluding hydrogens is 519 g/mol. The molecule has 1 amide bonds. The van der Waals surface area contributed by atoms with Crippen molar-refractivity contribution in [1.82, 2.24) is 9.99 Å². The number of hydrogen-bond acceptors (Lipinski definition) is 4. The van der Waals surface area contributed by atoms with Crippen LogP contribution in [0.15, 0.2) is 71.8 Å². The number of halogens is 2. The second kappa shape index (κ2) is 10.3. The lowest BCUT2D eigenvalue weighted by molar-refractivity contribution is -0.119. The van der Waals surface area contributed by atoms with Gasteiger partial charge in [0.05, 0.1) is 33.9 Å². The van der Waals surface area contributed by atoms with E-state index in [-0.39, 0.29) is 0 Å². The predicted octanol–water partition coefficient (Wildman–Crippen LogP) is 5.47. The van der Waals surface area contributed by atoms with E-state index in [1.54, 1.807) is 18.2 Å². The number of nitrogens with one attached hydrogen (secondary N) is 1. The molecule has 186 valence electrons. The van der Waals surface area contributed by atoms with Gasteiger partial charge in [-0.15, -0.1) is 0 Å². The van der Waals surface area contributed by atoms with Crippen LogP contribution in [0, 0.1) is 13.8 Å². The normalized spacial score (nSPS) is 11.8. The maximum atomic E-state index is 12.7. The van der Waals surface area contributed by atoms with Gasteiger partial charge in [0.25, 0.3) is 5.91 Å². The first-order chi connectivity index (χ1) is 17.1. The average Bonchev–Trinajstić information content (AvgIpc) is 3.11. The number of nitrogens with zero attached hydrogens (tertiary/aromatic N) is 3. The molecule has 0 aliphatic rings. The van der Waals surface area contributed by atoms with Gasteiger partial charge < -0.3 is 4.57 Å². The van der Waals surface area contributed by atoms with Crippen LogP contribution in [-0.2, 0) is 14.8 Å². The molecule has 0 bridgehead atoms. The van der Waals surface area contributed by atoms with Crippen LogP contribution in [0.5, 0.6) is 0 Å². The minimum Gasteiger partial charge on any atom is -0.316 e. The number of fused-ring (bicyclic) bond motifs is 1. The topological polar surface area (TPSA) is 83.8 Å². The van der Waals surface area contributed by atoms with Gasteiger partial charge >= 0.3 is 0 Å². The molecule has 4 rings (SSSR count). The zero-order valence-corrected chi connectivity index (χ0v) is 22.2. The maximum absolute atomic E-state index is 12.7. The standard InChI is InChI=1S/C26H24Cl2N4O3S/c1-17-14-20(18(2)32(17)24-13-7-11-22(27)26(24)28)15-29-30-25(33)16-31(36(3,34)35)23-12-6-9-19-8-4-5-10-21(19)23/h4-15H,16H2,1-3H3,(H,30,33)/b29-15+. The lowest BCUT2D eigenvalue weighted by Crippen LogP contribution is -2.39. The summed E-state index contributed by atoms with van der Waals surface area (Å²) in [6.45, 7) is 3.41. The molecule has 0 spiro atoms. The highest BCUT2D eigenvalue weighted by atomic mass is 35.5. The Labute approximate surface area is 220 Å². The fraction of sp³-hybridized carbons (Fsp3) is 0.154. The monoisotopic (exact) mass is 542 g/mol. The fourth-order valence-corrected chi connectivity index (χ4v) is 5.35. The van der Waals surface area contributed by atoms with Crippen LogP contribution >= 0.6 is 23.2 Å². The largest absolute Gasteiger partial charge is 0.316 e. The molecular formula is C26H24Cl2N4O3S. The summed E-state index contributed by atoms with van der Waals surface area (Å²) in [7, 11) is -3.73. The van der Waals surface area contributed by atoms with E-state index in [1.807, 2.05) is 66.9 Å². The quantitative estimate of drug-likeness (QED) is 0.248. The summed E-state index contributed by atoms with van der Waals surface area (Å²) < 4.78 is 28.1. The summed E-state index contributed by atoms with van der Waals surface area (Å²) >= 11 is 12.6. The Hall–Kier alpha value is -3.33. The molecule has 3 aromatic carbocycles. The molecule has 0 aliphatic heterocycles. The third-order valence-electron chi connectivity index (χ3n) is 5.76. The van der Waals surface area contributed by atoms with Crippen molar-refractivity contribution in [2.24, 2.45) is 5.10 Å². The number of aryl methyl sites for hydroxylation is 1. The summed E-state index contributed by atoms with van der Waals surface area (Å²) in [5, 5.41) is 6.55. The first kappa shape index (κ1) is 25.8. The molecule has 0 saturated heterocycles. The highest BCUT2D eigenvalue weighted by molar-refractivity contribution is 7.92. The molecule has 0 unspecified atom stereocenters. The van der Waals surface area contributed by atoms with Gasteiger partial charge in [-0.2, -0.15) is 5.10 Å². The van der Waals surface area contributed by atoms with Gasteiger partial charge in [0.2, 0.25) is 10.0 Å². The van der Waals surface area contributed by atoms with Crippen LogP contribution in [0.1, 0.15) is 17.0 Å². The van der Waals surface area contributed by atoms with Crippen molar-refractivity contribution in [1.29, 1.82) is 0 Å². The van der Waals surface area contributed by atoms with Crippen molar-refractivity contribution in [3.63, 3.8) is 0 Å². The number of carbonyl (C=O) groups is 1. The van der Waals surface area contributed by atoms with Crippen LogP contribution in [0.3, 0.4) is 0 Å². The number of anilines is 1. The van der Waals surface area contributed by atoms with Crippen molar-refractivity contribution in [3.05, 3.63) is 93.7 Å². The van der Waals surface area contributed by atoms with Gasteiger partial charge in [-0.05, 0) is 43.5 Å². The molecule has 7 nitrogen and oxygen atoms in total. The Morgan fingerprint density at radius 3 is 2.50 bits per heavy atom. The SMILES string of the molecule is Cc1cc(/C=N/NC(=O)CN(c2cccc3ccccc23)S(C)(=O)=O)c(C)n1-c1cccc(Cl)c1Cl. The highest BCUT2D eigenvalue weighted by Crippen LogP contribution is 2.31. The third kappa shape index (κ3) is 5.26. The van der Waals surface area contributed by atoms with Gasteiger partial charge in [0.15, 0.2) is 0 Å². The molecule has 0 fully saturated rings. The van der Waals surface area contributed by atoms with Crippen LogP contribution in [0.2, 0.25) is 10.0 Å². The molecule has 36 heavy (non-hydrogen) atoms. The predicted molar refractivity (Wildman–Crippen MR) is 147 cm³/mol. The Balaban J connectivity index is 1.55. The lowest BCUT2D eigenvalue weighted by Gasteiger charge is -2.23. The summed E-state index contributed by atoms with van der Waals surface area (Å²) in [6, 6.07) is 20.0. The number of sulfonamides is 1. The minimum atomic E-state index is -3.73. The smallest absolute Gasteiger partial charge is 0.260 e. The summed E-state index contributed by atoms with van der Waals surface area (Å²) in [5.74, 6) is -0.573. The number of hydrogen-bond donors (Lipinski definition) is 1. The third-order valence-corrected chi connectivity index (χ3v) is 7.69. The van der Waals surface area contributed by atoms with E-state index in [0.717, 1.165) is 44.0 Å². The van der Waals surface area contributed by atoms with Crippen molar-refractivity contribution in [3.8, 4) is 5.69 Å². The second-order valence-electron chi connectivity index (χ2n) is 8.30. The first-order valence-electron chi connectivity index (χ1n) is 11.0. The van der Waals surface area contributed by atoms with Gasteiger partial charge in [0, 0.05) is 22.3 Å². The van der Waals surface area contributed by atoms with Crippen LogP contribution in [0.25, 0.3) is 16.5 Å². The highest BCUT2D eigenvalue weighted by Gasteiger charge is 2.22. The maximum Gasteiger partial charge on any atom is 0.260 e. The average molecular weight is 543 g/mol. The minimum absolute atomic E-state index is 0.415. The van der Waals surface area contributed by atoms with E-state index in [2.05, 4.69) is 10.5 Å². The van der Waals surface area contributed by atoms with Crippen molar-refractivity contribution in [2.45, 2.75) is 13.8 Å². The molecule has 0 saturated carbocycles. The zero-order chi connectivity index (χ0) is 26.0. The van der Waals surface area contributed by atoms with Gasteiger partial charge in [-0.3, -0.25) is 9.10 Å². The van der Waals surface area contributed by atoms with E-state index in [0.29, 0.717) is 15.7 Å². The molecule has 4 aromatic rings. The van der Waals surface area contributed by atoms with E-state index in [4.69, 9.17) is 23.2 Å².